The van der Waals surface area contributed by atoms with Crippen molar-refractivity contribution in [3.05, 3.63) is 29.8 Å². The van der Waals surface area contributed by atoms with Crippen LogP contribution in [0.2, 0.25) is 0 Å². The zero-order valence-electron chi connectivity index (χ0n) is 9.44. The fourth-order valence-electron chi connectivity index (χ4n) is 1.82. The predicted molar refractivity (Wildman–Crippen MR) is 66.4 cm³/mol. The van der Waals surface area contributed by atoms with E-state index in [9.17, 15) is 0 Å². The molecular formula is C12H18ClNO2. The zero-order chi connectivity index (χ0) is 10.5. The largest absolute Gasteiger partial charge is 0.494 e. The SMILES string of the molecule is CCOc1ccccc1[C@@H]1COCCN1.Cl. The molecule has 1 aromatic rings. The zero-order valence-corrected chi connectivity index (χ0v) is 10.3. The van der Waals surface area contributed by atoms with Crippen LogP contribution in [0.25, 0.3) is 0 Å². The molecule has 1 N–H and O–H groups in total. The highest BCUT2D eigenvalue weighted by Gasteiger charge is 2.18. The summed E-state index contributed by atoms with van der Waals surface area (Å²) >= 11 is 0. The summed E-state index contributed by atoms with van der Waals surface area (Å²) in [4.78, 5) is 0. The third-order valence-corrected chi connectivity index (χ3v) is 2.52. The molecule has 16 heavy (non-hydrogen) atoms. The molecule has 0 spiro atoms. The molecule has 4 heteroatoms. The van der Waals surface area contributed by atoms with Crippen molar-refractivity contribution in [3.8, 4) is 5.75 Å². The van der Waals surface area contributed by atoms with Crippen LogP contribution in [-0.4, -0.2) is 26.4 Å². The first-order valence-corrected chi connectivity index (χ1v) is 5.44. The van der Waals surface area contributed by atoms with Crippen LogP contribution in [0.5, 0.6) is 5.75 Å². The van der Waals surface area contributed by atoms with Gasteiger partial charge >= 0.3 is 0 Å². The second kappa shape index (κ2) is 6.74. The van der Waals surface area contributed by atoms with Gasteiger partial charge in [-0.25, -0.2) is 0 Å². The monoisotopic (exact) mass is 243 g/mol. The summed E-state index contributed by atoms with van der Waals surface area (Å²) in [7, 11) is 0. The summed E-state index contributed by atoms with van der Waals surface area (Å²) in [5, 5.41) is 3.43. The molecule has 1 aliphatic heterocycles. The van der Waals surface area contributed by atoms with Gasteiger partial charge in [-0.15, -0.1) is 12.4 Å². The van der Waals surface area contributed by atoms with Crippen LogP contribution in [0, 0.1) is 0 Å². The molecule has 1 aliphatic rings. The summed E-state index contributed by atoms with van der Waals surface area (Å²) in [5.74, 6) is 0.961. The number of rotatable bonds is 3. The second-order valence-corrected chi connectivity index (χ2v) is 3.55. The Balaban J connectivity index is 0.00000128. The van der Waals surface area contributed by atoms with E-state index in [0.29, 0.717) is 6.61 Å². The lowest BCUT2D eigenvalue weighted by atomic mass is 10.1. The Labute approximate surface area is 103 Å². The summed E-state index contributed by atoms with van der Waals surface area (Å²) in [6.45, 7) is 5.13. The molecule has 1 fully saturated rings. The molecule has 0 aromatic heterocycles. The van der Waals surface area contributed by atoms with Gasteiger partial charge in [-0.2, -0.15) is 0 Å². The number of hydrogen-bond acceptors (Lipinski definition) is 3. The minimum absolute atomic E-state index is 0. The Morgan fingerprint density at radius 3 is 2.94 bits per heavy atom. The first-order valence-electron chi connectivity index (χ1n) is 5.44. The van der Waals surface area contributed by atoms with Crippen molar-refractivity contribution in [1.82, 2.24) is 5.32 Å². The fourth-order valence-corrected chi connectivity index (χ4v) is 1.82. The number of benzene rings is 1. The number of nitrogens with one attached hydrogen (secondary N) is 1. The molecule has 0 bridgehead atoms. The molecule has 0 amide bonds. The van der Waals surface area contributed by atoms with Crippen LogP contribution in [0.1, 0.15) is 18.5 Å². The summed E-state index contributed by atoms with van der Waals surface area (Å²) in [6.07, 6.45) is 0. The highest BCUT2D eigenvalue weighted by Crippen LogP contribution is 2.26. The van der Waals surface area contributed by atoms with Crippen molar-refractivity contribution in [2.75, 3.05) is 26.4 Å². The average Bonchev–Trinajstić information content (AvgIpc) is 2.31. The minimum atomic E-state index is 0. The van der Waals surface area contributed by atoms with Crippen molar-refractivity contribution >= 4 is 12.4 Å². The Morgan fingerprint density at radius 1 is 1.44 bits per heavy atom. The third kappa shape index (κ3) is 3.11. The minimum Gasteiger partial charge on any atom is -0.494 e. The van der Waals surface area contributed by atoms with Gasteiger partial charge < -0.3 is 14.8 Å². The van der Waals surface area contributed by atoms with Crippen molar-refractivity contribution < 1.29 is 9.47 Å². The van der Waals surface area contributed by atoms with Crippen LogP contribution < -0.4 is 10.1 Å². The molecule has 0 unspecified atom stereocenters. The van der Waals surface area contributed by atoms with E-state index in [1.54, 1.807) is 0 Å². The van der Waals surface area contributed by atoms with E-state index in [1.165, 1.54) is 5.56 Å². The Morgan fingerprint density at radius 2 is 2.25 bits per heavy atom. The van der Waals surface area contributed by atoms with Crippen LogP contribution in [0.15, 0.2) is 24.3 Å². The van der Waals surface area contributed by atoms with Gasteiger partial charge in [0.25, 0.3) is 0 Å². The molecule has 3 nitrogen and oxygen atoms in total. The maximum absolute atomic E-state index is 5.59. The molecule has 2 rings (SSSR count). The number of halogens is 1. The average molecular weight is 244 g/mol. The van der Waals surface area contributed by atoms with E-state index in [2.05, 4.69) is 11.4 Å². The molecule has 90 valence electrons. The van der Waals surface area contributed by atoms with Crippen molar-refractivity contribution in [3.63, 3.8) is 0 Å². The summed E-state index contributed by atoms with van der Waals surface area (Å²) in [6, 6.07) is 8.40. The van der Waals surface area contributed by atoms with Crippen molar-refractivity contribution in [2.45, 2.75) is 13.0 Å². The molecule has 1 saturated heterocycles. The topological polar surface area (TPSA) is 30.5 Å². The molecular weight excluding hydrogens is 226 g/mol. The molecule has 0 saturated carbocycles. The Bertz CT molecular complexity index is 314. The van der Waals surface area contributed by atoms with Crippen LogP contribution >= 0.6 is 12.4 Å². The Hall–Kier alpha value is -0.770. The van der Waals surface area contributed by atoms with Crippen LogP contribution in [0.3, 0.4) is 0 Å². The van der Waals surface area contributed by atoms with Gasteiger partial charge in [-0.05, 0) is 13.0 Å². The van der Waals surface area contributed by atoms with Gasteiger partial charge in [0.2, 0.25) is 0 Å². The first kappa shape index (κ1) is 13.3. The van der Waals surface area contributed by atoms with E-state index in [4.69, 9.17) is 9.47 Å². The summed E-state index contributed by atoms with van der Waals surface area (Å²) < 4.78 is 11.0. The van der Waals surface area contributed by atoms with Crippen LogP contribution in [-0.2, 0) is 4.74 Å². The smallest absolute Gasteiger partial charge is 0.124 e. The van der Waals surface area contributed by atoms with Gasteiger partial charge in [-0.3, -0.25) is 0 Å². The number of morpholine rings is 1. The highest BCUT2D eigenvalue weighted by atomic mass is 35.5. The van der Waals surface area contributed by atoms with Crippen molar-refractivity contribution in [2.24, 2.45) is 0 Å². The standard InChI is InChI=1S/C12H17NO2.ClH/c1-2-15-12-6-4-3-5-10(12)11-9-14-8-7-13-11;/h3-6,11,13H,2,7-9H2,1H3;1H/t11-;/m0./s1. The van der Waals surface area contributed by atoms with E-state index in [0.717, 1.165) is 25.5 Å². The van der Waals surface area contributed by atoms with Gasteiger partial charge in [-0.1, -0.05) is 18.2 Å². The van der Waals surface area contributed by atoms with Gasteiger partial charge in [0.15, 0.2) is 0 Å². The quantitative estimate of drug-likeness (QED) is 0.883. The maximum Gasteiger partial charge on any atom is 0.124 e. The molecule has 1 atom stereocenters. The molecule has 0 radical (unpaired) electrons. The number of para-hydroxylation sites is 1. The number of hydrogen-bond donors (Lipinski definition) is 1. The van der Waals surface area contributed by atoms with E-state index >= 15 is 0 Å². The Kier molecular flexibility index (Phi) is 5.60. The van der Waals surface area contributed by atoms with Crippen molar-refractivity contribution in [1.29, 1.82) is 0 Å². The maximum atomic E-state index is 5.59. The lowest BCUT2D eigenvalue weighted by Crippen LogP contribution is -2.34. The predicted octanol–water partition coefficient (Wildman–Crippen LogP) is 2.17. The molecule has 1 heterocycles. The first-order chi connectivity index (χ1) is 7.42. The summed E-state index contributed by atoms with van der Waals surface area (Å²) in [5.41, 5.74) is 1.19. The van der Waals surface area contributed by atoms with E-state index in [1.807, 2.05) is 25.1 Å². The second-order valence-electron chi connectivity index (χ2n) is 3.55. The molecule has 1 aromatic carbocycles. The lowest BCUT2D eigenvalue weighted by molar-refractivity contribution is 0.0758. The van der Waals surface area contributed by atoms with Gasteiger partial charge in [0.05, 0.1) is 25.9 Å². The lowest BCUT2D eigenvalue weighted by Gasteiger charge is -2.25. The normalized spacial score (nSPS) is 19.9. The number of ether oxygens (including phenoxy) is 2. The molecule has 0 aliphatic carbocycles. The van der Waals surface area contributed by atoms with E-state index < -0.39 is 0 Å². The van der Waals surface area contributed by atoms with Crippen LogP contribution in [0.4, 0.5) is 0 Å². The van der Waals surface area contributed by atoms with E-state index in [-0.39, 0.29) is 18.4 Å². The highest BCUT2D eigenvalue weighted by molar-refractivity contribution is 5.85. The van der Waals surface area contributed by atoms with Gasteiger partial charge in [0, 0.05) is 12.1 Å². The fraction of sp³-hybridized carbons (Fsp3) is 0.500. The third-order valence-electron chi connectivity index (χ3n) is 2.52. The van der Waals surface area contributed by atoms with Gasteiger partial charge in [0.1, 0.15) is 5.75 Å².